The Morgan fingerprint density at radius 3 is 2.67 bits per heavy atom. The smallest absolute Gasteiger partial charge is 0.305 e. The molecule has 0 saturated heterocycles. The highest BCUT2D eigenvalue weighted by atomic mass is 16.5. The molecule has 0 aliphatic heterocycles. The van der Waals surface area contributed by atoms with Gasteiger partial charge in [0, 0.05) is 18.7 Å². The maximum atomic E-state index is 10.8. The molecule has 3 heteroatoms. The predicted octanol–water partition coefficient (Wildman–Crippen LogP) is 2.62. The normalized spacial score (nSPS) is 9.73. The molecule has 0 spiro atoms. The second kappa shape index (κ2) is 9.56. The summed E-state index contributed by atoms with van der Waals surface area (Å²) >= 11 is 0. The largest absolute Gasteiger partial charge is 0.466 e. The van der Waals surface area contributed by atoms with Gasteiger partial charge in [-0.1, -0.05) is 26.8 Å². The molecule has 3 nitrogen and oxygen atoms in total. The van der Waals surface area contributed by atoms with Crippen LogP contribution in [0.15, 0.2) is 12.3 Å². The molecular formula is C12H23NO2. The van der Waals surface area contributed by atoms with Crippen LogP contribution in [0, 0.1) is 0 Å². The van der Waals surface area contributed by atoms with Crippen LogP contribution in [0.1, 0.15) is 46.0 Å². The molecule has 0 saturated carbocycles. The lowest BCUT2D eigenvalue weighted by Crippen LogP contribution is -2.14. The van der Waals surface area contributed by atoms with E-state index in [1.165, 1.54) is 12.8 Å². The number of esters is 1. The van der Waals surface area contributed by atoms with Crippen LogP contribution in [0.3, 0.4) is 0 Å². The van der Waals surface area contributed by atoms with E-state index in [0.29, 0.717) is 13.0 Å². The van der Waals surface area contributed by atoms with Crippen LogP contribution < -0.4 is 5.32 Å². The molecule has 0 fully saturated rings. The van der Waals surface area contributed by atoms with Crippen molar-refractivity contribution >= 4 is 5.97 Å². The first-order valence-corrected chi connectivity index (χ1v) is 5.78. The average molecular weight is 213 g/mol. The number of allylic oxidation sites excluding steroid dienone is 1. The first-order valence-electron chi connectivity index (χ1n) is 5.78. The fourth-order valence-electron chi connectivity index (χ4n) is 1.10. The molecule has 0 atom stereocenters. The molecule has 0 aromatic heterocycles. The predicted molar refractivity (Wildman–Crippen MR) is 62.5 cm³/mol. The van der Waals surface area contributed by atoms with Crippen molar-refractivity contribution in [1.29, 1.82) is 0 Å². The van der Waals surface area contributed by atoms with Crippen LogP contribution in [0.25, 0.3) is 0 Å². The highest BCUT2D eigenvalue weighted by Crippen LogP contribution is 2.00. The molecule has 0 heterocycles. The van der Waals surface area contributed by atoms with Gasteiger partial charge in [-0.3, -0.25) is 4.79 Å². The first-order chi connectivity index (χ1) is 7.20. The van der Waals surface area contributed by atoms with Crippen LogP contribution in [0.4, 0.5) is 0 Å². The lowest BCUT2D eigenvalue weighted by Gasteiger charge is -2.08. The third-order valence-corrected chi connectivity index (χ3v) is 2.08. The van der Waals surface area contributed by atoms with Crippen molar-refractivity contribution < 1.29 is 9.53 Å². The number of carbonyl (C=O) groups excluding carboxylic acids is 1. The zero-order chi connectivity index (χ0) is 11.5. The molecule has 0 amide bonds. The van der Waals surface area contributed by atoms with E-state index in [0.717, 1.165) is 25.1 Å². The Balaban J connectivity index is 3.27. The molecule has 0 bridgehead atoms. The standard InChI is InChI=1S/C12H23NO2/c1-4-6-9-13-11(3)8-7-10-15-12(14)5-2/h13H,3-10H2,1-2H3. The summed E-state index contributed by atoms with van der Waals surface area (Å²) in [6.07, 6.45) is 4.54. The van der Waals surface area contributed by atoms with E-state index in [-0.39, 0.29) is 5.97 Å². The third-order valence-electron chi connectivity index (χ3n) is 2.08. The molecule has 0 aromatic rings. The van der Waals surface area contributed by atoms with Crippen LogP contribution in [0.2, 0.25) is 0 Å². The van der Waals surface area contributed by atoms with Gasteiger partial charge in [0.05, 0.1) is 6.61 Å². The van der Waals surface area contributed by atoms with Gasteiger partial charge < -0.3 is 10.1 Å². The van der Waals surface area contributed by atoms with Crippen LogP contribution >= 0.6 is 0 Å². The Kier molecular flexibility index (Phi) is 8.93. The SMILES string of the molecule is C=C(CCCOC(=O)CC)NCCCC. The summed E-state index contributed by atoms with van der Waals surface area (Å²) in [6, 6.07) is 0. The number of ether oxygens (including phenoxy) is 1. The van der Waals surface area contributed by atoms with Crippen molar-refractivity contribution in [1.82, 2.24) is 5.32 Å². The van der Waals surface area contributed by atoms with Crippen molar-refractivity contribution in [3.8, 4) is 0 Å². The van der Waals surface area contributed by atoms with E-state index in [9.17, 15) is 4.79 Å². The summed E-state index contributed by atoms with van der Waals surface area (Å²) in [6.45, 7) is 9.36. The van der Waals surface area contributed by atoms with E-state index >= 15 is 0 Å². The van der Waals surface area contributed by atoms with E-state index in [2.05, 4.69) is 18.8 Å². The van der Waals surface area contributed by atoms with Gasteiger partial charge in [-0.15, -0.1) is 0 Å². The molecular weight excluding hydrogens is 190 g/mol. The van der Waals surface area contributed by atoms with Crippen molar-refractivity contribution in [2.45, 2.75) is 46.0 Å². The topological polar surface area (TPSA) is 38.3 Å². The highest BCUT2D eigenvalue weighted by Gasteiger charge is 1.98. The van der Waals surface area contributed by atoms with Crippen molar-refractivity contribution in [3.63, 3.8) is 0 Å². The molecule has 15 heavy (non-hydrogen) atoms. The van der Waals surface area contributed by atoms with Gasteiger partial charge in [-0.05, 0) is 19.3 Å². The Morgan fingerprint density at radius 1 is 1.33 bits per heavy atom. The lowest BCUT2D eigenvalue weighted by molar-refractivity contribution is -0.143. The summed E-state index contributed by atoms with van der Waals surface area (Å²) in [5.74, 6) is -0.125. The zero-order valence-corrected chi connectivity index (χ0v) is 9.97. The maximum absolute atomic E-state index is 10.8. The number of hydrogen-bond donors (Lipinski definition) is 1. The maximum Gasteiger partial charge on any atom is 0.305 e. The Bertz CT molecular complexity index is 190. The van der Waals surface area contributed by atoms with Gasteiger partial charge in [-0.2, -0.15) is 0 Å². The van der Waals surface area contributed by atoms with E-state index in [1.807, 2.05) is 0 Å². The monoisotopic (exact) mass is 213 g/mol. The quantitative estimate of drug-likeness (QED) is 0.472. The molecule has 88 valence electrons. The Hall–Kier alpha value is -0.990. The van der Waals surface area contributed by atoms with Gasteiger partial charge in [0.2, 0.25) is 0 Å². The minimum atomic E-state index is -0.125. The Morgan fingerprint density at radius 2 is 2.07 bits per heavy atom. The van der Waals surface area contributed by atoms with E-state index in [4.69, 9.17) is 4.74 Å². The molecule has 0 aliphatic rings. The minimum absolute atomic E-state index is 0.125. The number of hydrogen-bond acceptors (Lipinski definition) is 3. The minimum Gasteiger partial charge on any atom is -0.466 e. The Labute approximate surface area is 92.9 Å². The summed E-state index contributed by atoms with van der Waals surface area (Å²) in [7, 11) is 0. The molecule has 0 radical (unpaired) electrons. The van der Waals surface area contributed by atoms with Crippen molar-refractivity contribution in [3.05, 3.63) is 12.3 Å². The van der Waals surface area contributed by atoms with Gasteiger partial charge in [0.25, 0.3) is 0 Å². The first kappa shape index (κ1) is 14.0. The highest BCUT2D eigenvalue weighted by molar-refractivity contribution is 5.68. The average Bonchev–Trinajstić information content (AvgIpc) is 2.24. The number of nitrogens with one attached hydrogen (secondary N) is 1. The zero-order valence-electron chi connectivity index (χ0n) is 9.97. The van der Waals surface area contributed by atoms with E-state index < -0.39 is 0 Å². The van der Waals surface area contributed by atoms with Gasteiger partial charge >= 0.3 is 5.97 Å². The van der Waals surface area contributed by atoms with Gasteiger partial charge in [-0.25, -0.2) is 0 Å². The molecule has 1 N–H and O–H groups in total. The summed E-state index contributed by atoms with van der Waals surface area (Å²) in [4.78, 5) is 10.8. The van der Waals surface area contributed by atoms with Crippen molar-refractivity contribution in [2.75, 3.05) is 13.2 Å². The van der Waals surface area contributed by atoms with E-state index in [1.54, 1.807) is 6.92 Å². The van der Waals surface area contributed by atoms with Crippen LogP contribution in [-0.4, -0.2) is 19.1 Å². The number of unbranched alkanes of at least 4 members (excludes halogenated alkanes) is 1. The molecule has 0 rings (SSSR count). The number of carbonyl (C=O) groups is 1. The third kappa shape index (κ3) is 9.32. The fourth-order valence-corrected chi connectivity index (χ4v) is 1.10. The van der Waals surface area contributed by atoms with Crippen molar-refractivity contribution in [2.24, 2.45) is 0 Å². The number of rotatable bonds is 9. The summed E-state index contributed by atoms with van der Waals surface area (Å²) < 4.78 is 4.96. The van der Waals surface area contributed by atoms with Crippen LogP contribution in [0.5, 0.6) is 0 Å². The van der Waals surface area contributed by atoms with Gasteiger partial charge in [0.15, 0.2) is 0 Å². The fraction of sp³-hybridized carbons (Fsp3) is 0.750. The molecule has 0 aromatic carbocycles. The molecule has 0 aliphatic carbocycles. The molecule has 0 unspecified atom stereocenters. The second-order valence-corrected chi connectivity index (χ2v) is 3.56. The summed E-state index contributed by atoms with van der Waals surface area (Å²) in [5.41, 5.74) is 1.04. The van der Waals surface area contributed by atoms with Crippen LogP contribution in [-0.2, 0) is 9.53 Å². The van der Waals surface area contributed by atoms with Gasteiger partial charge in [0.1, 0.15) is 0 Å². The summed E-state index contributed by atoms with van der Waals surface area (Å²) in [5, 5.41) is 3.25. The lowest BCUT2D eigenvalue weighted by atomic mass is 10.2. The second-order valence-electron chi connectivity index (χ2n) is 3.56.